The van der Waals surface area contributed by atoms with Crippen LogP contribution in [0.1, 0.15) is 75.2 Å². The molecular weight excluding hydrogens is 492 g/mol. The zero-order valence-electron chi connectivity index (χ0n) is 22.9. The van der Waals surface area contributed by atoms with Gasteiger partial charge in [-0.05, 0) is 68.6 Å². The fourth-order valence-corrected chi connectivity index (χ4v) is 5.72. The standard InChI is InChI=1S/C26H39F2N7OSi/c1-17-12-18(2)35(33-17)24-14-19(13-23(31-24)30-20-8-10-26(27,28)11-9-20)22(15-21-16-29-34-32-21)36-37(6,7)25(3,4)5/h12-14,16,20,22H,8-11,15H2,1-7H3,(H,30,31)(H,29,32,34). The number of pyridine rings is 1. The van der Waals surface area contributed by atoms with Crippen molar-refractivity contribution in [2.45, 2.75) is 103 Å². The minimum atomic E-state index is -2.58. The largest absolute Gasteiger partial charge is 0.410 e. The van der Waals surface area contributed by atoms with E-state index in [1.165, 1.54) is 0 Å². The molecule has 0 amide bonds. The first kappa shape index (κ1) is 27.4. The number of nitrogens with one attached hydrogen (secondary N) is 2. The van der Waals surface area contributed by atoms with Crippen molar-refractivity contribution in [2.75, 3.05) is 5.32 Å². The van der Waals surface area contributed by atoms with Crippen molar-refractivity contribution >= 4 is 14.1 Å². The van der Waals surface area contributed by atoms with Crippen LogP contribution < -0.4 is 5.32 Å². The second-order valence-corrected chi connectivity index (χ2v) is 16.5. The molecule has 0 bridgehead atoms. The number of rotatable bonds is 8. The zero-order chi connectivity index (χ0) is 27.0. The Labute approximate surface area is 218 Å². The van der Waals surface area contributed by atoms with E-state index in [0.717, 1.165) is 22.6 Å². The SMILES string of the molecule is Cc1cc(C)n(-c2cc(C(Cc3cn[nH]n3)O[Si](C)(C)C(C)(C)C)cc(NC3CCC(F)(F)CC3)n2)n1. The molecule has 2 N–H and O–H groups in total. The van der Waals surface area contributed by atoms with Gasteiger partial charge in [-0.25, -0.2) is 18.4 Å². The van der Waals surface area contributed by atoms with Crippen molar-refractivity contribution < 1.29 is 13.2 Å². The minimum Gasteiger partial charge on any atom is -0.410 e. The van der Waals surface area contributed by atoms with E-state index in [0.29, 0.717) is 30.9 Å². The first-order chi connectivity index (χ1) is 17.2. The molecule has 0 spiro atoms. The maximum Gasteiger partial charge on any atom is 0.248 e. The number of hydrogen-bond donors (Lipinski definition) is 2. The summed E-state index contributed by atoms with van der Waals surface area (Å²) in [6.07, 6.45) is 2.54. The Morgan fingerprint density at radius 2 is 1.89 bits per heavy atom. The minimum absolute atomic E-state index is 0.00895. The molecule has 1 saturated carbocycles. The van der Waals surface area contributed by atoms with Crippen molar-refractivity contribution in [3.8, 4) is 5.82 Å². The average molecular weight is 532 g/mol. The normalized spacial score (nSPS) is 17.6. The maximum atomic E-state index is 13.8. The highest BCUT2D eigenvalue weighted by Gasteiger charge is 2.40. The van der Waals surface area contributed by atoms with Gasteiger partial charge in [-0.2, -0.15) is 20.5 Å². The monoisotopic (exact) mass is 531 g/mol. The molecule has 1 aliphatic rings. The lowest BCUT2D eigenvalue weighted by molar-refractivity contribution is -0.0361. The van der Waals surface area contributed by atoms with Crippen molar-refractivity contribution in [1.82, 2.24) is 30.2 Å². The number of alkyl halides is 2. The van der Waals surface area contributed by atoms with Crippen LogP contribution in [0.25, 0.3) is 5.82 Å². The molecule has 1 atom stereocenters. The first-order valence-corrected chi connectivity index (χ1v) is 15.9. The highest BCUT2D eigenvalue weighted by molar-refractivity contribution is 6.74. The molecule has 1 fully saturated rings. The highest BCUT2D eigenvalue weighted by Crippen LogP contribution is 2.41. The van der Waals surface area contributed by atoms with Gasteiger partial charge < -0.3 is 9.74 Å². The Bertz CT molecular complexity index is 1190. The molecule has 11 heteroatoms. The summed E-state index contributed by atoms with van der Waals surface area (Å²) < 4.78 is 36.3. The number of aromatic amines is 1. The van der Waals surface area contributed by atoms with Crippen LogP contribution in [0.5, 0.6) is 0 Å². The van der Waals surface area contributed by atoms with Crippen LogP contribution in [-0.2, 0) is 10.8 Å². The van der Waals surface area contributed by atoms with E-state index in [1.54, 1.807) is 6.20 Å². The summed E-state index contributed by atoms with van der Waals surface area (Å²) in [5, 5.41) is 19.0. The van der Waals surface area contributed by atoms with Gasteiger partial charge >= 0.3 is 0 Å². The summed E-state index contributed by atoms with van der Waals surface area (Å²) in [7, 11) is -2.17. The Balaban J connectivity index is 1.74. The molecule has 4 rings (SSSR count). The topological polar surface area (TPSA) is 93.5 Å². The van der Waals surface area contributed by atoms with Crippen molar-refractivity contribution in [3.05, 3.63) is 47.0 Å². The number of hydrogen-bond acceptors (Lipinski definition) is 6. The van der Waals surface area contributed by atoms with Gasteiger partial charge in [0.2, 0.25) is 5.92 Å². The summed E-state index contributed by atoms with van der Waals surface area (Å²) in [6, 6.07) is 5.94. The van der Waals surface area contributed by atoms with Crippen molar-refractivity contribution in [2.24, 2.45) is 0 Å². The summed E-state index contributed by atoms with van der Waals surface area (Å²) >= 11 is 0. The Kier molecular flexibility index (Phi) is 7.58. The van der Waals surface area contributed by atoms with Gasteiger partial charge in [0.25, 0.3) is 0 Å². The summed E-state index contributed by atoms with van der Waals surface area (Å²) in [4.78, 5) is 4.86. The molecule has 1 unspecified atom stereocenters. The third-order valence-electron chi connectivity index (χ3n) is 7.60. The van der Waals surface area contributed by atoms with Gasteiger partial charge in [0.05, 0.1) is 23.7 Å². The van der Waals surface area contributed by atoms with Crippen LogP contribution in [0.4, 0.5) is 14.6 Å². The maximum absolute atomic E-state index is 13.8. The van der Waals surface area contributed by atoms with Gasteiger partial charge in [0, 0.05) is 31.0 Å². The van der Waals surface area contributed by atoms with E-state index >= 15 is 0 Å². The van der Waals surface area contributed by atoms with Crippen LogP contribution in [-0.4, -0.2) is 50.5 Å². The summed E-state index contributed by atoms with van der Waals surface area (Å²) in [5.41, 5.74) is 3.60. The van der Waals surface area contributed by atoms with E-state index < -0.39 is 14.2 Å². The van der Waals surface area contributed by atoms with E-state index in [2.05, 4.69) is 59.7 Å². The number of nitrogens with zero attached hydrogens (tertiary/aromatic N) is 5. The second-order valence-electron chi connectivity index (χ2n) is 11.8. The third kappa shape index (κ3) is 6.62. The quantitative estimate of drug-likeness (QED) is 0.332. The lowest BCUT2D eigenvalue weighted by Crippen LogP contribution is -2.42. The average Bonchev–Trinajstić information content (AvgIpc) is 3.42. The van der Waals surface area contributed by atoms with Gasteiger partial charge in [0.1, 0.15) is 5.82 Å². The lowest BCUT2D eigenvalue weighted by Gasteiger charge is -2.39. The summed E-state index contributed by atoms with van der Waals surface area (Å²) in [6.45, 7) is 15.0. The van der Waals surface area contributed by atoms with Crippen LogP contribution in [0.15, 0.2) is 24.4 Å². The predicted molar refractivity (Wildman–Crippen MR) is 143 cm³/mol. The molecule has 0 saturated heterocycles. The van der Waals surface area contributed by atoms with E-state index in [-0.39, 0.29) is 30.0 Å². The Morgan fingerprint density at radius 1 is 1.19 bits per heavy atom. The molecule has 3 aromatic rings. The molecule has 0 aliphatic heterocycles. The molecule has 37 heavy (non-hydrogen) atoms. The van der Waals surface area contributed by atoms with E-state index in [9.17, 15) is 8.78 Å². The molecule has 1 aliphatic carbocycles. The smallest absolute Gasteiger partial charge is 0.248 e. The second kappa shape index (κ2) is 10.2. The highest BCUT2D eigenvalue weighted by atomic mass is 28.4. The van der Waals surface area contributed by atoms with E-state index in [1.807, 2.05) is 36.7 Å². The first-order valence-electron chi connectivity index (χ1n) is 12.9. The molecule has 202 valence electrons. The lowest BCUT2D eigenvalue weighted by atomic mass is 9.92. The molecule has 0 radical (unpaired) electrons. The van der Waals surface area contributed by atoms with Crippen LogP contribution >= 0.6 is 0 Å². The molecule has 8 nitrogen and oxygen atoms in total. The molecule has 0 aromatic carbocycles. The van der Waals surface area contributed by atoms with Gasteiger partial charge in [-0.15, -0.1) is 0 Å². The number of anilines is 1. The number of H-pyrrole nitrogens is 1. The predicted octanol–water partition coefficient (Wildman–Crippen LogP) is 6.30. The molecular formula is C26H39F2N7OSi. The summed E-state index contributed by atoms with van der Waals surface area (Å²) in [5.74, 6) is -1.28. The number of aromatic nitrogens is 6. The van der Waals surface area contributed by atoms with Crippen molar-refractivity contribution in [3.63, 3.8) is 0 Å². The fraction of sp³-hybridized carbons (Fsp3) is 0.615. The third-order valence-corrected chi connectivity index (χ3v) is 12.1. The van der Waals surface area contributed by atoms with Crippen LogP contribution in [0.3, 0.4) is 0 Å². The van der Waals surface area contributed by atoms with Gasteiger partial charge in [-0.1, -0.05) is 20.8 Å². The number of halogens is 2. The molecule has 3 heterocycles. The van der Waals surface area contributed by atoms with Gasteiger partial charge in [0.15, 0.2) is 14.1 Å². The fourth-order valence-electron chi connectivity index (χ4n) is 4.43. The number of aryl methyl sites for hydroxylation is 2. The van der Waals surface area contributed by atoms with Crippen LogP contribution in [0, 0.1) is 13.8 Å². The van der Waals surface area contributed by atoms with Gasteiger partial charge in [-0.3, -0.25) is 0 Å². The molecule has 3 aromatic heterocycles. The Hall–Kier alpha value is -2.66. The van der Waals surface area contributed by atoms with Crippen molar-refractivity contribution in [1.29, 1.82) is 0 Å². The zero-order valence-corrected chi connectivity index (χ0v) is 23.9. The van der Waals surface area contributed by atoms with E-state index in [4.69, 9.17) is 9.41 Å². The van der Waals surface area contributed by atoms with Crippen LogP contribution in [0.2, 0.25) is 18.1 Å². The Morgan fingerprint density at radius 3 is 2.46 bits per heavy atom.